The van der Waals surface area contributed by atoms with Crippen LogP contribution in [0.15, 0.2) is 22.7 Å². The van der Waals surface area contributed by atoms with Gasteiger partial charge in [0, 0.05) is 18.1 Å². The van der Waals surface area contributed by atoms with Gasteiger partial charge in [0.15, 0.2) is 0 Å². The molecule has 1 aromatic rings. The normalized spacial score (nSPS) is 16.9. The molecule has 7 heteroatoms. The molecule has 118 valence electrons. The highest BCUT2D eigenvalue weighted by Crippen LogP contribution is 2.23. The Morgan fingerprint density at radius 2 is 2.14 bits per heavy atom. The van der Waals surface area contributed by atoms with Gasteiger partial charge in [-0.05, 0) is 49.7 Å². The Bertz CT molecular complexity index is 496. The van der Waals surface area contributed by atoms with Crippen molar-refractivity contribution in [2.75, 3.05) is 20.2 Å². The number of ether oxygens (including phenoxy) is 1. The Kier molecular flexibility index (Phi) is 7.06. The van der Waals surface area contributed by atoms with E-state index in [2.05, 4.69) is 26.6 Å². The lowest BCUT2D eigenvalue weighted by Crippen LogP contribution is -2.53. The Labute approximate surface area is 138 Å². The molecule has 0 aliphatic carbocycles. The first-order chi connectivity index (χ1) is 9.57. The number of rotatable bonds is 4. The zero-order chi connectivity index (χ0) is 14.6. The highest BCUT2D eigenvalue weighted by Gasteiger charge is 2.39. The summed E-state index contributed by atoms with van der Waals surface area (Å²) in [6.07, 6.45) is 1.28. The lowest BCUT2D eigenvalue weighted by Gasteiger charge is -2.34. The molecule has 0 spiro atoms. The Hall–Kier alpha value is -0.690. The summed E-state index contributed by atoms with van der Waals surface area (Å²) in [6, 6.07) is 4.42. The standard InChI is InChI=1S/C14H18BrFN2O2.ClH/c1-20-14(4-6-17-7-5-14)13(19)18-9-10-8-11(16)2-3-12(10)15;/h2-3,8,17H,4-7,9H2,1H3,(H,18,19);1H. The van der Waals surface area contributed by atoms with Crippen LogP contribution in [0.1, 0.15) is 18.4 Å². The SMILES string of the molecule is COC1(C(=O)NCc2cc(F)ccc2Br)CCNCC1.Cl. The molecular weight excluding hydrogens is 363 g/mol. The third-order valence-corrected chi connectivity index (χ3v) is 4.44. The van der Waals surface area contributed by atoms with Crippen molar-refractivity contribution in [2.45, 2.75) is 25.0 Å². The van der Waals surface area contributed by atoms with Crippen molar-refractivity contribution < 1.29 is 13.9 Å². The van der Waals surface area contributed by atoms with E-state index in [1.807, 2.05) is 0 Å². The minimum absolute atomic E-state index is 0. The number of carbonyl (C=O) groups excluding carboxylic acids is 1. The maximum Gasteiger partial charge on any atom is 0.252 e. The number of carbonyl (C=O) groups is 1. The number of nitrogens with one attached hydrogen (secondary N) is 2. The first kappa shape index (κ1) is 18.4. The van der Waals surface area contributed by atoms with Crippen LogP contribution in [-0.4, -0.2) is 31.7 Å². The zero-order valence-electron chi connectivity index (χ0n) is 11.7. The van der Waals surface area contributed by atoms with E-state index in [-0.39, 0.29) is 30.7 Å². The topological polar surface area (TPSA) is 50.4 Å². The molecule has 1 aliphatic heterocycles. The molecule has 0 bridgehead atoms. The van der Waals surface area contributed by atoms with Gasteiger partial charge in [0.1, 0.15) is 11.4 Å². The zero-order valence-corrected chi connectivity index (χ0v) is 14.2. The van der Waals surface area contributed by atoms with Gasteiger partial charge in [0.25, 0.3) is 5.91 Å². The van der Waals surface area contributed by atoms with Gasteiger partial charge in [-0.15, -0.1) is 12.4 Å². The Balaban J connectivity index is 0.00000220. The second kappa shape index (κ2) is 8.08. The van der Waals surface area contributed by atoms with E-state index in [0.29, 0.717) is 18.4 Å². The summed E-state index contributed by atoms with van der Waals surface area (Å²) in [6.45, 7) is 1.78. The van der Waals surface area contributed by atoms with Crippen LogP contribution in [0.4, 0.5) is 4.39 Å². The summed E-state index contributed by atoms with van der Waals surface area (Å²) in [5.41, 5.74) is -0.0658. The van der Waals surface area contributed by atoms with Gasteiger partial charge in [-0.25, -0.2) is 4.39 Å². The van der Waals surface area contributed by atoms with Crippen molar-refractivity contribution in [3.8, 4) is 0 Å². The van der Waals surface area contributed by atoms with E-state index < -0.39 is 5.60 Å². The molecule has 1 aromatic carbocycles. The van der Waals surface area contributed by atoms with E-state index >= 15 is 0 Å². The van der Waals surface area contributed by atoms with E-state index in [0.717, 1.165) is 17.6 Å². The van der Waals surface area contributed by atoms with E-state index in [9.17, 15) is 9.18 Å². The summed E-state index contributed by atoms with van der Waals surface area (Å²) in [4.78, 5) is 12.3. The average molecular weight is 382 g/mol. The molecule has 1 aliphatic rings. The maximum absolute atomic E-state index is 13.2. The smallest absolute Gasteiger partial charge is 0.252 e. The number of methoxy groups -OCH3 is 1. The number of amides is 1. The largest absolute Gasteiger partial charge is 0.368 e. The van der Waals surface area contributed by atoms with Crippen LogP contribution in [0.25, 0.3) is 0 Å². The van der Waals surface area contributed by atoms with Gasteiger partial charge >= 0.3 is 0 Å². The lowest BCUT2D eigenvalue weighted by atomic mass is 9.91. The summed E-state index contributed by atoms with van der Waals surface area (Å²) in [7, 11) is 1.56. The van der Waals surface area contributed by atoms with Crippen molar-refractivity contribution in [3.63, 3.8) is 0 Å². The van der Waals surface area contributed by atoms with Crippen LogP contribution in [0.5, 0.6) is 0 Å². The molecule has 1 fully saturated rings. The Morgan fingerprint density at radius 3 is 2.76 bits per heavy atom. The Morgan fingerprint density at radius 1 is 1.48 bits per heavy atom. The molecular formula is C14H19BrClFN2O2. The number of halogens is 3. The van der Waals surface area contributed by atoms with Gasteiger partial charge < -0.3 is 15.4 Å². The first-order valence-electron chi connectivity index (χ1n) is 6.55. The van der Waals surface area contributed by atoms with Crippen LogP contribution >= 0.6 is 28.3 Å². The summed E-state index contributed by atoms with van der Waals surface area (Å²) < 4.78 is 19.4. The molecule has 0 radical (unpaired) electrons. The van der Waals surface area contributed by atoms with Crippen LogP contribution < -0.4 is 10.6 Å². The monoisotopic (exact) mass is 380 g/mol. The van der Waals surface area contributed by atoms with Crippen LogP contribution in [0, 0.1) is 5.82 Å². The van der Waals surface area contributed by atoms with Crippen molar-refractivity contribution in [1.29, 1.82) is 0 Å². The molecule has 0 unspecified atom stereocenters. The molecule has 2 rings (SSSR count). The van der Waals surface area contributed by atoms with Crippen molar-refractivity contribution >= 4 is 34.2 Å². The predicted octanol–water partition coefficient (Wildman–Crippen LogP) is 2.39. The second-order valence-electron chi connectivity index (χ2n) is 4.87. The fourth-order valence-electron chi connectivity index (χ4n) is 2.37. The number of hydrogen-bond acceptors (Lipinski definition) is 3. The fraction of sp³-hybridized carbons (Fsp3) is 0.500. The van der Waals surface area contributed by atoms with Crippen LogP contribution in [0.2, 0.25) is 0 Å². The minimum atomic E-state index is -0.773. The van der Waals surface area contributed by atoms with E-state index in [1.165, 1.54) is 12.1 Å². The summed E-state index contributed by atoms with van der Waals surface area (Å²) in [5, 5.41) is 6.04. The molecule has 2 N–H and O–H groups in total. The van der Waals surface area contributed by atoms with Crippen molar-refractivity contribution in [3.05, 3.63) is 34.1 Å². The van der Waals surface area contributed by atoms with Crippen LogP contribution in [0.3, 0.4) is 0 Å². The van der Waals surface area contributed by atoms with Crippen molar-refractivity contribution in [1.82, 2.24) is 10.6 Å². The number of benzene rings is 1. The maximum atomic E-state index is 13.2. The van der Waals surface area contributed by atoms with Gasteiger partial charge in [-0.2, -0.15) is 0 Å². The quantitative estimate of drug-likeness (QED) is 0.842. The third-order valence-electron chi connectivity index (χ3n) is 3.66. The highest BCUT2D eigenvalue weighted by molar-refractivity contribution is 9.10. The summed E-state index contributed by atoms with van der Waals surface area (Å²) >= 11 is 3.35. The van der Waals surface area contributed by atoms with Gasteiger partial charge in [0.05, 0.1) is 0 Å². The van der Waals surface area contributed by atoms with Gasteiger partial charge in [-0.1, -0.05) is 15.9 Å². The van der Waals surface area contributed by atoms with Crippen LogP contribution in [-0.2, 0) is 16.1 Å². The predicted molar refractivity (Wildman–Crippen MR) is 85.0 cm³/mol. The summed E-state index contributed by atoms with van der Waals surface area (Å²) in [5.74, 6) is -0.460. The molecule has 4 nitrogen and oxygen atoms in total. The van der Waals surface area contributed by atoms with E-state index in [4.69, 9.17) is 4.74 Å². The number of hydrogen-bond donors (Lipinski definition) is 2. The average Bonchev–Trinajstić information content (AvgIpc) is 2.48. The van der Waals surface area contributed by atoms with E-state index in [1.54, 1.807) is 13.2 Å². The molecule has 1 heterocycles. The molecule has 1 saturated heterocycles. The lowest BCUT2D eigenvalue weighted by molar-refractivity contribution is -0.146. The third kappa shape index (κ3) is 4.39. The molecule has 0 aromatic heterocycles. The molecule has 1 amide bonds. The second-order valence-corrected chi connectivity index (χ2v) is 5.72. The van der Waals surface area contributed by atoms with Gasteiger partial charge in [-0.3, -0.25) is 4.79 Å². The van der Waals surface area contributed by atoms with Crippen molar-refractivity contribution in [2.24, 2.45) is 0 Å². The van der Waals surface area contributed by atoms with Gasteiger partial charge in [0.2, 0.25) is 0 Å². The highest BCUT2D eigenvalue weighted by atomic mass is 79.9. The fourth-order valence-corrected chi connectivity index (χ4v) is 2.76. The number of piperidine rings is 1. The first-order valence-corrected chi connectivity index (χ1v) is 7.35. The minimum Gasteiger partial charge on any atom is -0.368 e. The molecule has 0 saturated carbocycles. The molecule has 0 atom stereocenters. The molecule has 21 heavy (non-hydrogen) atoms.